The topological polar surface area (TPSA) is 104 Å². The van der Waals surface area contributed by atoms with Crippen LogP contribution in [0.2, 0.25) is 0 Å². The molecule has 0 spiro atoms. The summed E-state index contributed by atoms with van der Waals surface area (Å²) in [6.07, 6.45) is 2.82. The molecule has 1 amide bonds. The zero-order chi connectivity index (χ0) is 15.0. The van der Waals surface area contributed by atoms with E-state index in [1.54, 1.807) is 13.0 Å². The van der Waals surface area contributed by atoms with E-state index in [-0.39, 0.29) is 5.91 Å². The Morgan fingerprint density at radius 1 is 1.48 bits per heavy atom. The van der Waals surface area contributed by atoms with E-state index in [2.05, 4.69) is 15.3 Å². The Morgan fingerprint density at radius 3 is 2.86 bits per heavy atom. The van der Waals surface area contributed by atoms with E-state index in [1.807, 2.05) is 12.1 Å². The van der Waals surface area contributed by atoms with Crippen LogP contribution >= 0.6 is 0 Å². The lowest BCUT2D eigenvalue weighted by molar-refractivity contribution is -0.121. The zero-order valence-corrected chi connectivity index (χ0v) is 12.0. The molecule has 21 heavy (non-hydrogen) atoms. The van der Waals surface area contributed by atoms with Crippen LogP contribution in [0.25, 0.3) is 11.0 Å². The molecule has 1 aromatic carbocycles. The summed E-state index contributed by atoms with van der Waals surface area (Å²) in [5, 5.41) is 12.4. The third-order valence-electron chi connectivity index (χ3n) is 4.10. The molecule has 0 saturated heterocycles. The van der Waals surface area contributed by atoms with Crippen LogP contribution in [0.15, 0.2) is 18.2 Å². The standard InChI is InChI=1S/C15H20N4O2/c1-9(20)13-18-11-5-4-10(8-12(11)19-13)17-14(21)15(16)6-2-3-7-15/h4-5,8-9,20H,2-3,6-7,16H2,1H3,(H,17,21)(H,18,19). The molecule has 3 rings (SSSR count). The SMILES string of the molecule is CC(O)c1nc2ccc(NC(=O)C3(N)CCCC3)cc2[nH]1. The largest absolute Gasteiger partial charge is 0.385 e. The quantitative estimate of drug-likeness (QED) is 0.691. The second-order valence-corrected chi connectivity index (χ2v) is 5.85. The fourth-order valence-electron chi connectivity index (χ4n) is 2.79. The van der Waals surface area contributed by atoms with Gasteiger partial charge in [0.25, 0.3) is 0 Å². The highest BCUT2D eigenvalue weighted by Gasteiger charge is 2.36. The number of fused-ring (bicyclic) bond motifs is 1. The van der Waals surface area contributed by atoms with Crippen LogP contribution < -0.4 is 11.1 Å². The van der Waals surface area contributed by atoms with Crippen molar-refractivity contribution in [2.75, 3.05) is 5.32 Å². The summed E-state index contributed by atoms with van der Waals surface area (Å²) >= 11 is 0. The van der Waals surface area contributed by atoms with E-state index in [0.717, 1.165) is 36.7 Å². The van der Waals surface area contributed by atoms with Gasteiger partial charge in [-0.05, 0) is 38.0 Å². The highest BCUT2D eigenvalue weighted by atomic mass is 16.3. The molecule has 6 heteroatoms. The van der Waals surface area contributed by atoms with Gasteiger partial charge >= 0.3 is 0 Å². The first kappa shape index (κ1) is 14.0. The van der Waals surface area contributed by atoms with Crippen molar-refractivity contribution < 1.29 is 9.90 Å². The molecule has 1 aromatic heterocycles. The summed E-state index contributed by atoms with van der Waals surface area (Å²) in [5.41, 5.74) is 7.62. The Balaban J connectivity index is 1.82. The van der Waals surface area contributed by atoms with E-state index < -0.39 is 11.6 Å². The molecule has 5 N–H and O–H groups in total. The number of nitrogens with zero attached hydrogens (tertiary/aromatic N) is 1. The van der Waals surface area contributed by atoms with E-state index in [9.17, 15) is 9.90 Å². The third-order valence-corrected chi connectivity index (χ3v) is 4.10. The van der Waals surface area contributed by atoms with Crippen molar-refractivity contribution in [3.05, 3.63) is 24.0 Å². The van der Waals surface area contributed by atoms with Crippen LogP contribution in [0.1, 0.15) is 44.5 Å². The summed E-state index contributed by atoms with van der Waals surface area (Å²) < 4.78 is 0. The fourth-order valence-corrected chi connectivity index (χ4v) is 2.79. The van der Waals surface area contributed by atoms with E-state index >= 15 is 0 Å². The molecule has 6 nitrogen and oxygen atoms in total. The van der Waals surface area contributed by atoms with Gasteiger partial charge in [-0.15, -0.1) is 0 Å². The van der Waals surface area contributed by atoms with Crippen molar-refractivity contribution in [1.29, 1.82) is 0 Å². The molecule has 0 bridgehead atoms. The van der Waals surface area contributed by atoms with Gasteiger partial charge in [-0.3, -0.25) is 4.79 Å². The van der Waals surface area contributed by atoms with Crippen molar-refractivity contribution in [3.63, 3.8) is 0 Å². The van der Waals surface area contributed by atoms with Crippen molar-refractivity contribution in [2.24, 2.45) is 5.73 Å². The minimum absolute atomic E-state index is 0.130. The maximum atomic E-state index is 12.3. The summed E-state index contributed by atoms with van der Waals surface area (Å²) in [6, 6.07) is 5.42. The highest BCUT2D eigenvalue weighted by Crippen LogP contribution is 2.29. The number of H-pyrrole nitrogens is 1. The number of aliphatic hydroxyl groups is 1. The average Bonchev–Trinajstić information content (AvgIpc) is 3.05. The van der Waals surface area contributed by atoms with Crippen molar-refractivity contribution >= 4 is 22.6 Å². The molecule has 1 aliphatic carbocycles. The van der Waals surface area contributed by atoms with Crippen LogP contribution in [-0.2, 0) is 4.79 Å². The minimum atomic E-state index is -0.742. The second kappa shape index (κ2) is 5.13. The van der Waals surface area contributed by atoms with Gasteiger partial charge in [0.15, 0.2) is 0 Å². The molecule has 0 aliphatic heterocycles. The van der Waals surface area contributed by atoms with Gasteiger partial charge in [0.1, 0.15) is 11.9 Å². The van der Waals surface area contributed by atoms with E-state index in [4.69, 9.17) is 5.73 Å². The molecule has 1 atom stereocenters. The number of aliphatic hydroxyl groups excluding tert-OH is 1. The number of imidazole rings is 1. The van der Waals surface area contributed by atoms with E-state index in [1.165, 1.54) is 0 Å². The molecule has 1 aliphatic rings. The molecule has 1 unspecified atom stereocenters. The Kier molecular flexibility index (Phi) is 3.43. The maximum Gasteiger partial charge on any atom is 0.244 e. The van der Waals surface area contributed by atoms with Gasteiger partial charge in [0.2, 0.25) is 5.91 Å². The summed E-state index contributed by atoms with van der Waals surface area (Å²) in [6.45, 7) is 1.65. The number of rotatable bonds is 3. The lowest BCUT2D eigenvalue weighted by Crippen LogP contribution is -2.48. The number of benzene rings is 1. The van der Waals surface area contributed by atoms with Crippen molar-refractivity contribution in [2.45, 2.75) is 44.2 Å². The second-order valence-electron chi connectivity index (χ2n) is 5.85. The number of hydrogen-bond acceptors (Lipinski definition) is 4. The monoisotopic (exact) mass is 288 g/mol. The lowest BCUT2D eigenvalue weighted by atomic mass is 9.98. The summed E-state index contributed by atoms with van der Waals surface area (Å²) in [5.74, 6) is 0.383. The maximum absolute atomic E-state index is 12.3. The number of anilines is 1. The van der Waals surface area contributed by atoms with Crippen LogP contribution in [0.3, 0.4) is 0 Å². The molecule has 2 aromatic rings. The Labute approximate surface area is 122 Å². The van der Waals surface area contributed by atoms with Gasteiger partial charge in [-0.1, -0.05) is 12.8 Å². The first-order valence-corrected chi connectivity index (χ1v) is 7.26. The zero-order valence-electron chi connectivity index (χ0n) is 12.0. The molecule has 1 saturated carbocycles. The summed E-state index contributed by atoms with van der Waals surface area (Å²) in [7, 11) is 0. The molecule has 1 heterocycles. The third kappa shape index (κ3) is 2.64. The van der Waals surface area contributed by atoms with Gasteiger partial charge in [0, 0.05) is 5.69 Å². The number of carbonyl (C=O) groups excluding carboxylic acids is 1. The molecule has 0 radical (unpaired) electrons. The summed E-state index contributed by atoms with van der Waals surface area (Å²) in [4.78, 5) is 19.6. The number of amides is 1. The Hall–Kier alpha value is -1.92. The van der Waals surface area contributed by atoms with Gasteiger partial charge in [0.05, 0.1) is 16.6 Å². The first-order chi connectivity index (χ1) is 9.98. The van der Waals surface area contributed by atoms with E-state index in [0.29, 0.717) is 11.5 Å². The predicted octanol–water partition coefficient (Wildman–Crippen LogP) is 1.83. The number of aromatic nitrogens is 2. The fraction of sp³-hybridized carbons (Fsp3) is 0.467. The molecular formula is C15H20N4O2. The number of aromatic amines is 1. The van der Waals surface area contributed by atoms with Crippen LogP contribution in [0.5, 0.6) is 0 Å². The predicted molar refractivity (Wildman–Crippen MR) is 80.7 cm³/mol. The van der Waals surface area contributed by atoms with Crippen molar-refractivity contribution in [1.82, 2.24) is 9.97 Å². The average molecular weight is 288 g/mol. The van der Waals surface area contributed by atoms with Gasteiger partial charge in [-0.2, -0.15) is 0 Å². The normalized spacial score (nSPS) is 18.8. The minimum Gasteiger partial charge on any atom is -0.385 e. The van der Waals surface area contributed by atoms with Gasteiger partial charge < -0.3 is 21.1 Å². The number of nitrogens with two attached hydrogens (primary N) is 1. The first-order valence-electron chi connectivity index (χ1n) is 7.26. The van der Waals surface area contributed by atoms with Crippen LogP contribution in [0, 0.1) is 0 Å². The van der Waals surface area contributed by atoms with Crippen LogP contribution in [-0.4, -0.2) is 26.5 Å². The Bertz CT molecular complexity index is 671. The number of nitrogens with one attached hydrogen (secondary N) is 2. The molecule has 1 fully saturated rings. The van der Waals surface area contributed by atoms with Crippen LogP contribution in [0.4, 0.5) is 5.69 Å². The molecular weight excluding hydrogens is 268 g/mol. The molecule has 112 valence electrons. The Morgan fingerprint density at radius 2 is 2.19 bits per heavy atom. The van der Waals surface area contributed by atoms with Crippen molar-refractivity contribution in [3.8, 4) is 0 Å². The number of carbonyl (C=O) groups is 1. The smallest absolute Gasteiger partial charge is 0.244 e. The van der Waals surface area contributed by atoms with Gasteiger partial charge in [-0.25, -0.2) is 4.98 Å². The lowest BCUT2D eigenvalue weighted by Gasteiger charge is -2.22. The number of hydrogen-bond donors (Lipinski definition) is 4. The highest BCUT2D eigenvalue weighted by molar-refractivity contribution is 5.99.